The SMILES string of the molecule is Cc1cc(N=Nc2cc(C)c(N=Nc3ccc4cc([N+](=C=O)c5ccc(N)cc5)ccc4c3O)cc2C)ccc1N=Nc1ccc(N=Nc2ccccc2S(=O)(=O)O)c(C)c1.O=S(=O)=O.O=S(=O)=O. The molecule has 21 nitrogen and oxygen atoms in total. The van der Waals surface area contributed by atoms with Crippen molar-refractivity contribution < 1.29 is 48.1 Å². The molecule has 350 valence electrons. The summed E-state index contributed by atoms with van der Waals surface area (Å²) in [5.74, 6) is -0.0423. The molecule has 7 rings (SSSR count). The number of nitrogen functional groups attached to an aromatic ring is 1. The third-order valence-corrected chi connectivity index (χ3v) is 10.5. The first kappa shape index (κ1) is 51.3. The van der Waals surface area contributed by atoms with Gasteiger partial charge in [0.25, 0.3) is 10.1 Å². The van der Waals surface area contributed by atoms with Crippen LogP contribution in [0.15, 0.2) is 173 Å². The molecule has 7 aromatic rings. The summed E-state index contributed by atoms with van der Waals surface area (Å²) in [4.78, 5) is 11.5. The van der Waals surface area contributed by atoms with Crippen LogP contribution in [0.4, 0.5) is 62.6 Å². The quantitative estimate of drug-likeness (QED) is 0.0272. The van der Waals surface area contributed by atoms with Crippen LogP contribution in [-0.4, -0.2) is 49.4 Å². The molecule has 0 amide bonds. The number of benzene rings is 7. The van der Waals surface area contributed by atoms with Crippen LogP contribution in [0.25, 0.3) is 10.8 Å². The Labute approximate surface area is 396 Å². The summed E-state index contributed by atoms with van der Waals surface area (Å²) in [6.45, 7) is 7.51. The summed E-state index contributed by atoms with van der Waals surface area (Å²) in [5.41, 5.74) is 14.7. The summed E-state index contributed by atoms with van der Waals surface area (Å²) in [6.07, 6.45) is 1.95. The molecule has 0 aliphatic carbocycles. The van der Waals surface area contributed by atoms with Gasteiger partial charge in [-0.2, -0.15) is 43.9 Å². The third kappa shape index (κ3) is 14.4. The van der Waals surface area contributed by atoms with Gasteiger partial charge in [0.1, 0.15) is 16.3 Å². The van der Waals surface area contributed by atoms with Crippen LogP contribution in [0.3, 0.4) is 0 Å². The van der Waals surface area contributed by atoms with Crippen LogP contribution in [0.1, 0.15) is 22.3 Å². The number of fused-ring (bicyclic) bond motifs is 1. The Bertz CT molecular complexity index is 3600. The molecule has 0 unspecified atom stereocenters. The number of aromatic hydroxyl groups is 1. The first-order chi connectivity index (χ1) is 32.7. The number of nitrogens with two attached hydrogens (primary N) is 1. The Morgan fingerprint density at radius 3 is 1.46 bits per heavy atom. The van der Waals surface area contributed by atoms with Crippen molar-refractivity contribution in [1.29, 1.82) is 0 Å². The van der Waals surface area contributed by atoms with Crippen LogP contribution in [0, 0.1) is 27.7 Å². The standard InChI is InChI=1S/C45H36N10O5S.2O3S/c1-27-21-34(12-19-38(27)49-47-33-13-20-39(28(2)22-33)50-51-40-7-5-6-8-44(40)61(58,59)60)48-53-42-23-30(4)43(24-29(42)3)54-52-41-18-9-31-25-36(16-17-37(31)45(41)57)55(26-56)35-14-10-32(46)11-15-35;2*1-4(2)3/h5-25H,46H2,1-4H3,(H-,47,48,51,54,57,58,59,60);;/p+1. The van der Waals surface area contributed by atoms with Gasteiger partial charge in [-0.1, -0.05) is 22.8 Å². The fourth-order valence-electron chi connectivity index (χ4n) is 6.21. The van der Waals surface area contributed by atoms with E-state index in [0.717, 1.165) is 22.3 Å². The van der Waals surface area contributed by atoms with Gasteiger partial charge in [0.2, 0.25) is 11.4 Å². The second kappa shape index (κ2) is 23.2. The van der Waals surface area contributed by atoms with Gasteiger partial charge in [-0.15, -0.1) is 35.5 Å². The number of phenols is 1. The lowest BCUT2D eigenvalue weighted by Crippen LogP contribution is -2.01. The molecular formula is C45H37N10O11S3+. The third-order valence-electron chi connectivity index (χ3n) is 9.55. The molecule has 0 radical (unpaired) electrons. The van der Waals surface area contributed by atoms with E-state index in [1.807, 2.05) is 52.0 Å². The van der Waals surface area contributed by atoms with Crippen LogP contribution < -0.4 is 10.3 Å². The zero-order valence-electron chi connectivity index (χ0n) is 36.5. The highest BCUT2D eigenvalue weighted by Gasteiger charge is 2.18. The zero-order valence-corrected chi connectivity index (χ0v) is 39.0. The second-order valence-electron chi connectivity index (χ2n) is 14.4. The number of hydrogen-bond acceptors (Lipinski definition) is 19. The largest absolute Gasteiger partial charge is 0.505 e. The molecule has 69 heavy (non-hydrogen) atoms. The average Bonchev–Trinajstić information content (AvgIpc) is 3.29. The fourth-order valence-corrected chi connectivity index (χ4v) is 6.84. The van der Waals surface area contributed by atoms with Crippen LogP contribution in [-0.2, 0) is 36.1 Å². The van der Waals surface area contributed by atoms with Crippen LogP contribution in [0.2, 0.25) is 0 Å². The smallest absolute Gasteiger partial charge is 0.437 e. The van der Waals surface area contributed by atoms with Crippen molar-refractivity contribution in [3.63, 3.8) is 0 Å². The number of azo groups is 4. The number of anilines is 1. The van der Waals surface area contributed by atoms with E-state index in [-0.39, 0.29) is 22.0 Å². The lowest BCUT2D eigenvalue weighted by molar-refractivity contribution is 0.482. The van der Waals surface area contributed by atoms with Gasteiger partial charge in [-0.05, 0) is 140 Å². The molecule has 0 bridgehead atoms. The van der Waals surface area contributed by atoms with E-state index >= 15 is 0 Å². The van der Waals surface area contributed by atoms with E-state index in [4.69, 9.17) is 31.0 Å². The molecule has 0 aromatic heterocycles. The van der Waals surface area contributed by atoms with E-state index in [1.54, 1.807) is 91.0 Å². The molecule has 0 fully saturated rings. The Kier molecular flexibility index (Phi) is 17.2. The molecule has 4 N–H and O–H groups in total. The molecule has 0 spiro atoms. The predicted molar refractivity (Wildman–Crippen MR) is 254 cm³/mol. The van der Waals surface area contributed by atoms with Gasteiger partial charge in [0.15, 0.2) is 5.75 Å². The Morgan fingerprint density at radius 2 is 0.942 bits per heavy atom. The Morgan fingerprint density at radius 1 is 0.507 bits per heavy atom. The maximum Gasteiger partial charge on any atom is 0.437 e. The second-order valence-corrected chi connectivity index (χ2v) is 16.6. The summed E-state index contributed by atoms with van der Waals surface area (Å²) < 4.78 is 84.8. The average molecular weight is 990 g/mol. The monoisotopic (exact) mass is 989 g/mol. The highest BCUT2D eigenvalue weighted by Crippen LogP contribution is 2.39. The lowest BCUT2D eigenvalue weighted by atomic mass is 10.1. The molecular weight excluding hydrogens is 953 g/mol. The highest BCUT2D eigenvalue weighted by molar-refractivity contribution is 7.86. The summed E-state index contributed by atoms with van der Waals surface area (Å²) in [6, 6.07) is 35.7. The maximum atomic E-state index is 11.9. The van der Waals surface area contributed by atoms with E-state index in [1.165, 1.54) is 22.8 Å². The minimum atomic E-state index is -4.45. The molecule has 0 aliphatic rings. The molecule has 7 aromatic carbocycles. The minimum Gasteiger partial charge on any atom is -0.505 e. The van der Waals surface area contributed by atoms with Gasteiger partial charge in [-0.3, -0.25) is 4.55 Å². The van der Waals surface area contributed by atoms with Crippen molar-refractivity contribution in [3.05, 3.63) is 150 Å². The maximum absolute atomic E-state index is 11.9. The highest BCUT2D eigenvalue weighted by atomic mass is 32.2. The van der Waals surface area contributed by atoms with Crippen LogP contribution in [0.5, 0.6) is 5.75 Å². The van der Waals surface area contributed by atoms with E-state index in [9.17, 15) is 22.9 Å². The van der Waals surface area contributed by atoms with Gasteiger partial charge < -0.3 is 10.8 Å². The van der Waals surface area contributed by atoms with Crippen molar-refractivity contribution in [2.24, 2.45) is 40.9 Å². The van der Waals surface area contributed by atoms with Crippen LogP contribution >= 0.6 is 0 Å². The summed E-state index contributed by atoms with van der Waals surface area (Å²) in [5, 5.41) is 47.1. The molecule has 0 aliphatic heterocycles. The van der Waals surface area contributed by atoms with Crippen molar-refractivity contribution in [2.75, 3.05) is 5.73 Å². The number of phenolic OH excluding ortho intramolecular Hbond substituents is 1. The van der Waals surface area contributed by atoms with Gasteiger partial charge in [-0.25, -0.2) is 0 Å². The van der Waals surface area contributed by atoms with Gasteiger partial charge in [0, 0.05) is 35.3 Å². The summed E-state index contributed by atoms with van der Waals surface area (Å²) >= 11 is 0. The number of aryl methyl sites for hydroxylation is 4. The number of hydrogen-bond donors (Lipinski definition) is 3. The number of rotatable bonds is 11. The zero-order chi connectivity index (χ0) is 50.4. The van der Waals surface area contributed by atoms with Crippen molar-refractivity contribution >= 4 is 111 Å². The molecule has 0 heterocycles. The molecule has 0 saturated heterocycles. The summed E-state index contributed by atoms with van der Waals surface area (Å²) in [7, 11) is -10.7. The van der Waals surface area contributed by atoms with Gasteiger partial charge in [0.05, 0.1) is 34.1 Å². The normalized spacial score (nSPS) is 11.3. The topological polar surface area (TPSA) is 322 Å². The van der Waals surface area contributed by atoms with Crippen molar-refractivity contribution in [2.45, 2.75) is 32.6 Å². The van der Waals surface area contributed by atoms with E-state index in [0.29, 0.717) is 62.0 Å². The number of isocyanates is 1. The number of nitrogens with zero attached hydrogens (tertiary/aromatic N) is 9. The first-order valence-electron chi connectivity index (χ1n) is 19.6. The minimum absolute atomic E-state index is 0.0203. The fraction of sp³-hybridized carbons (Fsp3) is 0.0889. The predicted octanol–water partition coefficient (Wildman–Crippen LogP) is 11.4. The Balaban J connectivity index is 0.00000103. The van der Waals surface area contributed by atoms with E-state index < -0.39 is 31.3 Å². The van der Waals surface area contributed by atoms with Gasteiger partial charge >= 0.3 is 27.3 Å². The Hall–Kier alpha value is -8.67. The van der Waals surface area contributed by atoms with Crippen molar-refractivity contribution in [1.82, 2.24) is 4.58 Å². The van der Waals surface area contributed by atoms with Crippen molar-refractivity contribution in [3.8, 4) is 5.75 Å². The molecule has 0 saturated carbocycles. The number of carbonyl (C=O) groups excluding carboxylic acids is 1. The molecule has 24 heteroatoms. The first-order valence-corrected chi connectivity index (χ1v) is 23.1. The van der Waals surface area contributed by atoms with E-state index in [2.05, 4.69) is 40.9 Å². The molecule has 0 atom stereocenters. The lowest BCUT2D eigenvalue weighted by Gasteiger charge is -2.07.